The molecule has 1 N–H and O–H groups in total. The number of aryl methyl sites for hydroxylation is 1. The molecule has 2 rings (SSSR count). The molecule has 0 amide bonds. The van der Waals surface area contributed by atoms with Crippen molar-refractivity contribution in [3.05, 3.63) is 22.7 Å². The Balaban J connectivity index is 1.82. The highest BCUT2D eigenvalue weighted by Gasteiger charge is 2.11. The number of nitrogens with zero attached hydrogens (tertiary/aromatic N) is 1. The number of halogens is 1. The summed E-state index contributed by atoms with van der Waals surface area (Å²) >= 11 is 6.10. The summed E-state index contributed by atoms with van der Waals surface area (Å²) < 4.78 is 5.35. The lowest BCUT2D eigenvalue weighted by Gasteiger charge is -2.16. The molecule has 0 aliphatic carbocycles. The van der Waals surface area contributed by atoms with Gasteiger partial charge in [0.1, 0.15) is 5.75 Å². The lowest BCUT2D eigenvalue weighted by molar-refractivity contribution is 0.337. The fraction of sp³-hybridized carbons (Fsp3) is 0.600. The standard InChI is InChI=1S/C15H23ClN2O/c1-12-10-14(15(19-2)11-13(12)16)17-6-5-9-18-7-3-4-8-18/h10-11,17H,3-9H2,1-2H3. The summed E-state index contributed by atoms with van der Waals surface area (Å²) in [6.45, 7) is 6.69. The number of anilines is 1. The van der Waals surface area contributed by atoms with Crippen LogP contribution in [0.5, 0.6) is 5.75 Å². The molecule has 1 aliphatic rings. The minimum atomic E-state index is 0.750. The van der Waals surface area contributed by atoms with Gasteiger partial charge in [-0.05, 0) is 57.5 Å². The van der Waals surface area contributed by atoms with E-state index >= 15 is 0 Å². The van der Waals surface area contributed by atoms with Crippen LogP contribution in [0.15, 0.2) is 12.1 Å². The second kappa shape index (κ2) is 7.01. The van der Waals surface area contributed by atoms with E-state index in [0.717, 1.165) is 35.0 Å². The number of hydrogen-bond acceptors (Lipinski definition) is 3. The highest BCUT2D eigenvalue weighted by atomic mass is 35.5. The van der Waals surface area contributed by atoms with Crippen molar-refractivity contribution in [3.63, 3.8) is 0 Å². The smallest absolute Gasteiger partial charge is 0.143 e. The van der Waals surface area contributed by atoms with Gasteiger partial charge in [0, 0.05) is 17.6 Å². The van der Waals surface area contributed by atoms with E-state index in [-0.39, 0.29) is 0 Å². The largest absolute Gasteiger partial charge is 0.495 e. The molecule has 0 saturated carbocycles. The average Bonchev–Trinajstić information content (AvgIpc) is 2.91. The predicted octanol–water partition coefficient (Wildman–Crippen LogP) is 3.55. The van der Waals surface area contributed by atoms with Crippen LogP contribution in [0.2, 0.25) is 5.02 Å². The van der Waals surface area contributed by atoms with E-state index in [4.69, 9.17) is 16.3 Å². The third-order valence-corrected chi connectivity index (χ3v) is 4.05. The number of hydrogen-bond donors (Lipinski definition) is 1. The molecule has 0 spiro atoms. The Labute approximate surface area is 120 Å². The predicted molar refractivity (Wildman–Crippen MR) is 81.5 cm³/mol. The fourth-order valence-electron chi connectivity index (χ4n) is 2.50. The van der Waals surface area contributed by atoms with Crippen LogP contribution in [-0.2, 0) is 0 Å². The molecule has 1 fully saturated rings. The molecule has 0 aromatic heterocycles. The van der Waals surface area contributed by atoms with Crippen LogP contribution >= 0.6 is 11.6 Å². The fourth-order valence-corrected chi connectivity index (χ4v) is 2.66. The van der Waals surface area contributed by atoms with Gasteiger partial charge in [0.15, 0.2) is 0 Å². The molecule has 0 radical (unpaired) electrons. The van der Waals surface area contributed by atoms with Crippen LogP contribution in [0.25, 0.3) is 0 Å². The summed E-state index contributed by atoms with van der Waals surface area (Å²) in [6.07, 6.45) is 3.88. The van der Waals surface area contributed by atoms with Crippen LogP contribution in [0, 0.1) is 6.92 Å². The Hall–Kier alpha value is -0.930. The topological polar surface area (TPSA) is 24.5 Å². The molecule has 1 saturated heterocycles. The maximum Gasteiger partial charge on any atom is 0.143 e. The quantitative estimate of drug-likeness (QED) is 0.808. The number of nitrogens with one attached hydrogen (secondary N) is 1. The average molecular weight is 283 g/mol. The van der Waals surface area contributed by atoms with E-state index in [1.165, 1.54) is 32.5 Å². The molecule has 106 valence electrons. The number of ether oxygens (including phenoxy) is 1. The van der Waals surface area contributed by atoms with Crippen LogP contribution in [-0.4, -0.2) is 38.2 Å². The first-order valence-corrected chi connectivity index (χ1v) is 7.39. The second-order valence-electron chi connectivity index (χ2n) is 5.13. The molecule has 0 atom stereocenters. The van der Waals surface area contributed by atoms with E-state index in [2.05, 4.69) is 16.3 Å². The number of likely N-dealkylation sites (tertiary alicyclic amines) is 1. The third-order valence-electron chi connectivity index (χ3n) is 3.65. The van der Waals surface area contributed by atoms with Crippen LogP contribution in [0.1, 0.15) is 24.8 Å². The molecule has 19 heavy (non-hydrogen) atoms. The first-order valence-electron chi connectivity index (χ1n) is 7.01. The molecule has 1 aromatic rings. The molecule has 0 bridgehead atoms. The number of rotatable bonds is 6. The monoisotopic (exact) mass is 282 g/mol. The van der Waals surface area contributed by atoms with Crippen molar-refractivity contribution >= 4 is 17.3 Å². The van der Waals surface area contributed by atoms with Crippen LogP contribution in [0.3, 0.4) is 0 Å². The first-order chi connectivity index (χ1) is 9.20. The molecule has 4 heteroatoms. The van der Waals surface area contributed by atoms with Gasteiger partial charge in [-0.3, -0.25) is 0 Å². The zero-order valence-electron chi connectivity index (χ0n) is 11.8. The molecular weight excluding hydrogens is 260 g/mol. The SMILES string of the molecule is COc1cc(Cl)c(C)cc1NCCCN1CCCC1. The molecule has 1 aliphatic heterocycles. The summed E-state index contributed by atoms with van der Waals surface area (Å²) in [5.74, 6) is 0.816. The Bertz CT molecular complexity index is 417. The molecule has 3 nitrogen and oxygen atoms in total. The van der Waals surface area contributed by atoms with Gasteiger partial charge in [-0.1, -0.05) is 11.6 Å². The van der Waals surface area contributed by atoms with E-state index in [1.54, 1.807) is 7.11 Å². The van der Waals surface area contributed by atoms with Gasteiger partial charge in [-0.2, -0.15) is 0 Å². The highest BCUT2D eigenvalue weighted by molar-refractivity contribution is 6.31. The van der Waals surface area contributed by atoms with Gasteiger partial charge in [0.25, 0.3) is 0 Å². The van der Waals surface area contributed by atoms with E-state index < -0.39 is 0 Å². The maximum absolute atomic E-state index is 6.10. The highest BCUT2D eigenvalue weighted by Crippen LogP contribution is 2.30. The van der Waals surface area contributed by atoms with Crippen LogP contribution < -0.4 is 10.1 Å². The van der Waals surface area contributed by atoms with E-state index in [0.29, 0.717) is 0 Å². The maximum atomic E-state index is 6.10. The van der Waals surface area contributed by atoms with Gasteiger partial charge >= 0.3 is 0 Å². The van der Waals surface area contributed by atoms with E-state index in [1.807, 2.05) is 13.0 Å². The summed E-state index contributed by atoms with van der Waals surface area (Å²) in [6, 6.07) is 3.93. The summed E-state index contributed by atoms with van der Waals surface area (Å²) in [7, 11) is 1.68. The first kappa shape index (κ1) is 14.5. The van der Waals surface area contributed by atoms with Crippen molar-refractivity contribution in [3.8, 4) is 5.75 Å². The Morgan fingerprint density at radius 3 is 2.74 bits per heavy atom. The zero-order chi connectivity index (χ0) is 13.7. The third kappa shape index (κ3) is 4.02. The lowest BCUT2D eigenvalue weighted by Crippen LogP contribution is -2.22. The Kier molecular flexibility index (Phi) is 5.34. The van der Waals surface area contributed by atoms with Crippen molar-refractivity contribution in [1.29, 1.82) is 0 Å². The van der Waals surface area contributed by atoms with Gasteiger partial charge in [0.2, 0.25) is 0 Å². The minimum Gasteiger partial charge on any atom is -0.495 e. The van der Waals surface area contributed by atoms with Gasteiger partial charge in [-0.25, -0.2) is 0 Å². The normalized spacial score (nSPS) is 15.7. The van der Waals surface area contributed by atoms with Crippen molar-refractivity contribution in [2.75, 3.05) is 38.6 Å². The second-order valence-corrected chi connectivity index (χ2v) is 5.54. The Morgan fingerprint density at radius 2 is 2.05 bits per heavy atom. The lowest BCUT2D eigenvalue weighted by atomic mass is 10.2. The van der Waals surface area contributed by atoms with E-state index in [9.17, 15) is 0 Å². The Morgan fingerprint density at radius 1 is 1.32 bits per heavy atom. The van der Waals surface area contributed by atoms with Gasteiger partial charge < -0.3 is 15.0 Å². The van der Waals surface area contributed by atoms with Crippen molar-refractivity contribution in [1.82, 2.24) is 4.90 Å². The zero-order valence-corrected chi connectivity index (χ0v) is 12.6. The van der Waals surface area contributed by atoms with Crippen molar-refractivity contribution in [2.24, 2.45) is 0 Å². The molecule has 1 aromatic carbocycles. The number of methoxy groups -OCH3 is 1. The number of benzene rings is 1. The van der Waals surface area contributed by atoms with Gasteiger partial charge in [-0.15, -0.1) is 0 Å². The van der Waals surface area contributed by atoms with Crippen molar-refractivity contribution in [2.45, 2.75) is 26.2 Å². The summed E-state index contributed by atoms with van der Waals surface area (Å²) in [5, 5.41) is 4.20. The minimum absolute atomic E-state index is 0.750. The van der Waals surface area contributed by atoms with Crippen molar-refractivity contribution < 1.29 is 4.74 Å². The summed E-state index contributed by atoms with van der Waals surface area (Å²) in [4.78, 5) is 2.53. The molecule has 0 unspecified atom stereocenters. The molecule has 1 heterocycles. The summed E-state index contributed by atoms with van der Waals surface area (Å²) in [5.41, 5.74) is 2.11. The molecular formula is C15H23ClN2O. The van der Waals surface area contributed by atoms with Crippen LogP contribution in [0.4, 0.5) is 5.69 Å². The van der Waals surface area contributed by atoms with Gasteiger partial charge in [0.05, 0.1) is 12.8 Å².